The minimum absolute atomic E-state index is 0.116. The normalized spacial score (nSPS) is 24.9. The number of halogens is 2. The Bertz CT molecular complexity index is 2220. The van der Waals surface area contributed by atoms with Crippen LogP contribution in [0, 0.1) is 0 Å². The summed E-state index contributed by atoms with van der Waals surface area (Å²) in [5.41, 5.74) is 1.80. The van der Waals surface area contributed by atoms with Crippen molar-refractivity contribution in [2.45, 2.75) is 89.5 Å². The number of piperazine rings is 1. The number of rotatable bonds is 13. The predicted octanol–water partition coefficient (Wildman–Crippen LogP) is 5.97. The summed E-state index contributed by atoms with van der Waals surface area (Å²) in [5.74, 6) is -1.28. The molecule has 18 heteroatoms. The third-order valence-corrected chi connectivity index (χ3v) is 11.4. The molecule has 3 aliphatic rings. The summed E-state index contributed by atoms with van der Waals surface area (Å²) in [6.45, 7) is 3.16. The van der Waals surface area contributed by atoms with Crippen LogP contribution in [-0.2, 0) is 27.3 Å². The zero-order valence-corrected chi connectivity index (χ0v) is 37.4. The number of nitrogens with one attached hydrogen (secondary N) is 4. The Labute approximate surface area is 380 Å². The number of amides is 7. The molecular formula is C43H55Br2N9O7. The molecular weight excluding hydrogens is 914 g/mol. The number of anilines is 2. The largest absolute Gasteiger partial charge is 0.506 e. The molecule has 16 nitrogen and oxygen atoms in total. The summed E-state index contributed by atoms with van der Waals surface area (Å²) >= 11 is 6.60. The molecule has 7 amide bonds. The van der Waals surface area contributed by atoms with Crippen molar-refractivity contribution in [3.8, 4) is 5.75 Å². The molecule has 6 rings (SSSR count). The number of unbranched alkanes of at least 4 members (excludes halogenated alkanes) is 1. The van der Waals surface area contributed by atoms with E-state index in [1.165, 1.54) is 12.1 Å². The van der Waals surface area contributed by atoms with Gasteiger partial charge in [-0.2, -0.15) is 0 Å². The third-order valence-electron chi connectivity index (χ3n) is 10.1. The second kappa shape index (κ2) is 20.6. The van der Waals surface area contributed by atoms with Gasteiger partial charge in [-0.15, -0.1) is 0 Å². The van der Waals surface area contributed by atoms with Gasteiger partial charge in [0.25, 0.3) is 0 Å². The monoisotopic (exact) mass is 977 g/mol. The summed E-state index contributed by atoms with van der Waals surface area (Å²) in [6, 6.07) is 6.72. The molecule has 3 aliphatic heterocycles. The van der Waals surface area contributed by atoms with Crippen molar-refractivity contribution >= 4 is 73.2 Å². The van der Waals surface area contributed by atoms with Crippen LogP contribution in [0.1, 0.15) is 70.8 Å². The minimum atomic E-state index is -2.44. The molecule has 2 fully saturated rings. The van der Waals surface area contributed by atoms with Crippen LogP contribution < -0.4 is 26.2 Å². The van der Waals surface area contributed by atoms with Gasteiger partial charge in [0.05, 0.1) is 10.3 Å². The maximum Gasteiger partial charge on any atom is 0.407 e. The maximum atomic E-state index is 14.6. The first-order chi connectivity index (χ1) is 31.2. The topological polar surface area (TPSA) is 189 Å². The number of aromatic hydroxyl groups is 1. The molecule has 3 aromatic rings. The van der Waals surface area contributed by atoms with Crippen LogP contribution in [0.15, 0.2) is 69.9 Å². The van der Waals surface area contributed by atoms with Crippen LogP contribution in [0.25, 0.3) is 0 Å². The quantitative estimate of drug-likeness (QED) is 0.129. The first-order valence-electron chi connectivity index (χ1n) is 22.8. The van der Waals surface area contributed by atoms with Gasteiger partial charge in [-0.25, -0.2) is 14.4 Å². The van der Waals surface area contributed by atoms with Crippen molar-refractivity contribution < 1.29 is 40.7 Å². The lowest BCUT2D eigenvalue weighted by Crippen LogP contribution is -2.59. The Kier molecular flexibility index (Phi) is 13.1. The predicted molar refractivity (Wildman–Crippen MR) is 238 cm³/mol. The number of para-hydroxylation sites is 1. The number of pyridine rings is 1. The van der Waals surface area contributed by atoms with E-state index >= 15 is 0 Å². The van der Waals surface area contributed by atoms with Gasteiger partial charge in [0.15, 0.2) is 0 Å². The van der Waals surface area contributed by atoms with E-state index < -0.39 is 73.6 Å². The summed E-state index contributed by atoms with van der Waals surface area (Å²) < 4.78 is 51.3. The molecule has 1 aromatic heterocycles. The highest BCUT2D eigenvalue weighted by molar-refractivity contribution is 9.11. The van der Waals surface area contributed by atoms with Gasteiger partial charge >= 0.3 is 18.2 Å². The van der Waals surface area contributed by atoms with E-state index in [1.54, 1.807) is 62.3 Å². The Morgan fingerprint density at radius 2 is 1.64 bits per heavy atom. The van der Waals surface area contributed by atoms with E-state index in [1.807, 2.05) is 12.1 Å². The summed E-state index contributed by atoms with van der Waals surface area (Å²) in [7, 11) is 0. The number of carbonyl (C=O) groups is 5. The zero-order chi connectivity index (χ0) is 48.1. The highest BCUT2D eigenvalue weighted by Gasteiger charge is 2.35. The molecule has 61 heavy (non-hydrogen) atoms. The summed E-state index contributed by atoms with van der Waals surface area (Å²) in [6.07, 6.45) is -0.286. The standard InChI is InChI=1S/C43H55Br2N9O7/c1-43(2,3)61-42(60)47-15-7-6-10-35(39(57)52-22-20-51(21-23-52)30-11-16-46-17-12-30)48-38(56)36(26-28-24-32(44)37(55)33(45)25-28)50-40(58)53-18-13-31(14-19-53)54-27-29-8-4-5-9-34(29)49-41(54)59/h4-5,8-9,11-12,16-17,24-25,31,35-36,55H,6-7,10,13-15,18-23,26-27H2,1-3H3,(H,47,60)(H,48,56)(H,49,59)(H,50,58)/t35-,36+/m0/s1/i13T,14T,18T,19T,31T/t13?,14?,18?,19?,31?,35-,36+. The number of aromatic nitrogens is 1. The number of ether oxygens (including phenoxy) is 1. The van der Waals surface area contributed by atoms with Gasteiger partial charge in [0.2, 0.25) is 11.8 Å². The number of hydrogen-bond donors (Lipinski definition) is 5. The van der Waals surface area contributed by atoms with Crippen molar-refractivity contribution in [3.05, 3.63) is 81.0 Å². The molecule has 2 saturated heterocycles. The van der Waals surface area contributed by atoms with Crippen LogP contribution >= 0.6 is 31.9 Å². The van der Waals surface area contributed by atoms with Crippen LogP contribution in [0.3, 0.4) is 0 Å². The van der Waals surface area contributed by atoms with Crippen LogP contribution in [-0.4, -0.2) is 124 Å². The van der Waals surface area contributed by atoms with E-state index in [2.05, 4.69) is 63.0 Å². The van der Waals surface area contributed by atoms with Gasteiger partial charge in [-0.1, -0.05) is 18.2 Å². The van der Waals surface area contributed by atoms with E-state index in [0.717, 1.165) is 10.6 Å². The second-order valence-corrected chi connectivity index (χ2v) is 17.5. The van der Waals surface area contributed by atoms with Gasteiger partial charge in [-0.3, -0.25) is 14.6 Å². The van der Waals surface area contributed by atoms with Crippen LogP contribution in [0.4, 0.5) is 25.8 Å². The summed E-state index contributed by atoms with van der Waals surface area (Å²) in [4.78, 5) is 78.2. The first kappa shape index (κ1) is 38.8. The van der Waals surface area contributed by atoms with Crippen LogP contribution in [0.2, 0.25) is 0 Å². The van der Waals surface area contributed by atoms with E-state index in [4.69, 9.17) is 10.2 Å². The SMILES string of the molecule is [3H]C1C([3H])C([3H])(N2Cc3ccccc3NC2=O)C([3H])C([3H])N1C(=O)N[C@H](Cc1cc(Br)c(O)c(Br)c1)C(=O)N[C@@H](CCCCNC(=O)OC(C)(C)C)C(=O)N1CCN(c2ccncc2)CC1. The number of carbonyl (C=O) groups excluding carboxylic acids is 5. The zero-order valence-electron chi connectivity index (χ0n) is 39.2. The number of benzene rings is 2. The Morgan fingerprint density at radius 3 is 2.31 bits per heavy atom. The van der Waals surface area contributed by atoms with E-state index in [0.29, 0.717) is 60.7 Å². The number of phenolic OH excluding ortho intramolecular Hbond substituents is 1. The van der Waals surface area contributed by atoms with E-state index in [9.17, 15) is 30.4 Å². The van der Waals surface area contributed by atoms with Crippen molar-refractivity contribution in [1.82, 2.24) is 35.6 Å². The molecule has 4 unspecified atom stereocenters. The van der Waals surface area contributed by atoms with Crippen molar-refractivity contribution in [1.29, 1.82) is 0 Å². The van der Waals surface area contributed by atoms with Crippen molar-refractivity contribution in [2.24, 2.45) is 0 Å². The molecule has 0 radical (unpaired) electrons. The number of piperidine rings is 1. The first-order valence-corrected chi connectivity index (χ1v) is 21.6. The number of nitrogens with zero attached hydrogens (tertiary/aromatic N) is 5. The number of phenols is 1. The molecule has 4 heterocycles. The fraction of sp³-hybridized carbons (Fsp3) is 0.488. The van der Waals surface area contributed by atoms with Crippen molar-refractivity contribution in [2.75, 3.05) is 56.0 Å². The lowest BCUT2D eigenvalue weighted by atomic mass is 10.0. The average molecular weight is 980 g/mol. The van der Waals surface area contributed by atoms with Gasteiger partial charge in [0, 0.05) is 94.0 Å². The fourth-order valence-corrected chi connectivity index (χ4v) is 8.30. The highest BCUT2D eigenvalue weighted by Crippen LogP contribution is 2.34. The molecule has 2 aromatic carbocycles. The van der Waals surface area contributed by atoms with Gasteiger partial charge in [-0.05, 0) is 126 Å². The number of urea groups is 2. The van der Waals surface area contributed by atoms with Gasteiger partial charge < -0.3 is 50.7 Å². The van der Waals surface area contributed by atoms with Crippen molar-refractivity contribution in [3.63, 3.8) is 0 Å². The number of fused-ring (bicyclic) bond motifs is 1. The number of alkyl carbamates (subject to hydrolysis) is 1. The second-order valence-electron chi connectivity index (χ2n) is 15.8. The van der Waals surface area contributed by atoms with Crippen LogP contribution in [0.5, 0.6) is 5.75 Å². The Hall–Kier alpha value is -5.10. The highest BCUT2D eigenvalue weighted by atomic mass is 79.9. The molecule has 6 atom stereocenters. The van der Waals surface area contributed by atoms with Gasteiger partial charge in [0.1, 0.15) is 23.4 Å². The minimum Gasteiger partial charge on any atom is -0.506 e. The third kappa shape index (κ3) is 12.5. The maximum absolute atomic E-state index is 14.6. The van der Waals surface area contributed by atoms with E-state index in [-0.39, 0.29) is 46.5 Å². The Balaban J connectivity index is 1.22. The average Bonchev–Trinajstić information content (AvgIpc) is 3.28. The molecule has 0 aliphatic carbocycles. The molecule has 328 valence electrons. The smallest absolute Gasteiger partial charge is 0.407 e. The number of hydrogen-bond acceptors (Lipinski definition) is 9. The molecule has 5 N–H and O–H groups in total. The fourth-order valence-electron chi connectivity index (χ4n) is 7.02. The molecule has 0 spiro atoms. The molecule has 0 saturated carbocycles. The lowest BCUT2D eigenvalue weighted by Gasteiger charge is -2.40. The molecule has 0 bridgehead atoms. The Morgan fingerprint density at radius 1 is 0.967 bits per heavy atom. The summed E-state index contributed by atoms with van der Waals surface area (Å²) in [5, 5.41) is 21.2. The lowest BCUT2D eigenvalue weighted by molar-refractivity contribution is -0.137. The number of likely N-dealkylation sites (tertiary alicyclic amines) is 1.